The minimum Gasteiger partial charge on any atom is -0.496 e. The maximum Gasteiger partial charge on any atom is 0.142 e. The van der Waals surface area contributed by atoms with E-state index in [2.05, 4.69) is 0 Å². The summed E-state index contributed by atoms with van der Waals surface area (Å²) < 4.78 is 17.8. The first kappa shape index (κ1) is 9.62. The number of ether oxygens (including phenoxy) is 1. The van der Waals surface area contributed by atoms with Gasteiger partial charge in [0.15, 0.2) is 0 Å². The molecule has 0 N–H and O–H groups in total. The molecule has 0 saturated carbocycles. The smallest absolute Gasteiger partial charge is 0.142 e. The molecule has 66 valence electrons. The van der Waals surface area contributed by atoms with Crippen molar-refractivity contribution in [2.24, 2.45) is 0 Å². The Kier molecular flexibility index (Phi) is 3.18. The Morgan fingerprint density at radius 1 is 1.50 bits per heavy atom. The van der Waals surface area contributed by atoms with Crippen LogP contribution in [-0.2, 0) is 5.88 Å². The lowest BCUT2D eigenvalue weighted by Crippen LogP contribution is -1.92. The van der Waals surface area contributed by atoms with Gasteiger partial charge in [0.05, 0.1) is 18.0 Å². The van der Waals surface area contributed by atoms with Crippen molar-refractivity contribution in [3.63, 3.8) is 0 Å². The van der Waals surface area contributed by atoms with E-state index in [-0.39, 0.29) is 10.9 Å². The van der Waals surface area contributed by atoms with Gasteiger partial charge >= 0.3 is 0 Å². The molecule has 4 heteroatoms. The molecule has 0 amide bonds. The number of halogens is 3. The summed E-state index contributed by atoms with van der Waals surface area (Å²) in [4.78, 5) is 0. The van der Waals surface area contributed by atoms with E-state index in [0.717, 1.165) is 0 Å². The minimum atomic E-state index is -0.479. The van der Waals surface area contributed by atoms with Gasteiger partial charge in [0.2, 0.25) is 0 Å². The highest BCUT2D eigenvalue weighted by Crippen LogP contribution is 2.29. The van der Waals surface area contributed by atoms with E-state index in [1.165, 1.54) is 19.2 Å². The molecule has 0 spiro atoms. The van der Waals surface area contributed by atoms with Crippen LogP contribution >= 0.6 is 23.2 Å². The van der Waals surface area contributed by atoms with E-state index in [1.54, 1.807) is 0 Å². The molecule has 1 rings (SSSR count). The van der Waals surface area contributed by atoms with Crippen LogP contribution in [0.15, 0.2) is 12.1 Å². The second-order valence-electron chi connectivity index (χ2n) is 2.18. The lowest BCUT2D eigenvalue weighted by molar-refractivity contribution is 0.410. The molecule has 0 aromatic heterocycles. The van der Waals surface area contributed by atoms with Gasteiger partial charge in [-0.2, -0.15) is 0 Å². The van der Waals surface area contributed by atoms with Gasteiger partial charge in [-0.1, -0.05) is 11.6 Å². The SMILES string of the molecule is COc1ccc(F)c(Cl)c1CCl. The van der Waals surface area contributed by atoms with Crippen LogP contribution in [0, 0.1) is 5.82 Å². The molecule has 1 nitrogen and oxygen atoms in total. The van der Waals surface area contributed by atoms with Gasteiger partial charge in [0.25, 0.3) is 0 Å². The highest BCUT2D eigenvalue weighted by molar-refractivity contribution is 6.32. The van der Waals surface area contributed by atoms with E-state index in [0.29, 0.717) is 11.3 Å². The third-order valence-corrected chi connectivity index (χ3v) is 2.18. The predicted molar refractivity (Wildman–Crippen MR) is 47.5 cm³/mol. The van der Waals surface area contributed by atoms with Crippen LogP contribution in [0.3, 0.4) is 0 Å². The number of hydrogen-bond acceptors (Lipinski definition) is 1. The van der Waals surface area contributed by atoms with Crippen LogP contribution in [0.1, 0.15) is 5.56 Å². The van der Waals surface area contributed by atoms with Crippen LogP contribution < -0.4 is 4.74 Å². The summed E-state index contributed by atoms with van der Waals surface area (Å²) in [5.41, 5.74) is 0.487. The van der Waals surface area contributed by atoms with Gasteiger partial charge in [-0.25, -0.2) is 4.39 Å². The summed E-state index contributed by atoms with van der Waals surface area (Å²) in [6.45, 7) is 0. The Morgan fingerprint density at radius 2 is 2.17 bits per heavy atom. The van der Waals surface area contributed by atoms with Gasteiger partial charge in [0, 0.05) is 5.56 Å². The van der Waals surface area contributed by atoms with Crippen LogP contribution in [0.2, 0.25) is 5.02 Å². The standard InChI is InChI=1S/C8H7Cl2FO/c1-12-7-3-2-6(11)8(10)5(7)4-9/h2-3H,4H2,1H3. The van der Waals surface area contributed by atoms with Crippen LogP contribution in [-0.4, -0.2) is 7.11 Å². The van der Waals surface area contributed by atoms with E-state index in [4.69, 9.17) is 27.9 Å². The van der Waals surface area contributed by atoms with E-state index in [1.807, 2.05) is 0 Å². The first-order chi connectivity index (χ1) is 5.70. The lowest BCUT2D eigenvalue weighted by Gasteiger charge is -2.07. The van der Waals surface area contributed by atoms with Crippen LogP contribution in [0.5, 0.6) is 5.75 Å². The van der Waals surface area contributed by atoms with Gasteiger partial charge < -0.3 is 4.74 Å². The number of methoxy groups -OCH3 is 1. The zero-order valence-electron chi connectivity index (χ0n) is 6.40. The highest BCUT2D eigenvalue weighted by atomic mass is 35.5. The predicted octanol–water partition coefficient (Wildman–Crippen LogP) is 3.23. The molecular formula is C8H7Cl2FO. The third kappa shape index (κ3) is 1.65. The fourth-order valence-corrected chi connectivity index (χ4v) is 1.45. The van der Waals surface area contributed by atoms with Crippen LogP contribution in [0.4, 0.5) is 4.39 Å². The normalized spacial score (nSPS) is 10.0. The quantitative estimate of drug-likeness (QED) is 0.679. The minimum absolute atomic E-state index is 0.0318. The number of benzene rings is 1. The number of rotatable bonds is 2. The number of alkyl halides is 1. The Labute approximate surface area is 80.0 Å². The largest absolute Gasteiger partial charge is 0.496 e. The zero-order valence-corrected chi connectivity index (χ0v) is 7.92. The molecule has 0 saturated heterocycles. The molecule has 0 aliphatic heterocycles. The Morgan fingerprint density at radius 3 is 2.67 bits per heavy atom. The van der Waals surface area contributed by atoms with Gasteiger partial charge in [0.1, 0.15) is 11.6 Å². The van der Waals surface area contributed by atoms with Crippen LogP contribution in [0.25, 0.3) is 0 Å². The molecule has 0 fully saturated rings. The maximum atomic E-state index is 12.8. The first-order valence-corrected chi connectivity index (χ1v) is 4.18. The van der Waals surface area contributed by atoms with E-state index >= 15 is 0 Å². The zero-order chi connectivity index (χ0) is 9.14. The second kappa shape index (κ2) is 3.97. The topological polar surface area (TPSA) is 9.23 Å². The summed E-state index contributed by atoms with van der Waals surface area (Å²) in [5, 5.41) is 0.0318. The molecule has 12 heavy (non-hydrogen) atoms. The van der Waals surface area contributed by atoms with Crippen molar-refractivity contribution in [2.45, 2.75) is 5.88 Å². The average molecular weight is 209 g/mol. The van der Waals surface area contributed by atoms with Crippen molar-refractivity contribution in [2.75, 3.05) is 7.11 Å². The fraction of sp³-hybridized carbons (Fsp3) is 0.250. The molecule has 1 aromatic carbocycles. The van der Waals surface area contributed by atoms with E-state index in [9.17, 15) is 4.39 Å². The summed E-state index contributed by atoms with van der Waals surface area (Å²) in [7, 11) is 1.49. The average Bonchev–Trinajstić information content (AvgIpc) is 2.09. The molecule has 0 bridgehead atoms. The van der Waals surface area contributed by atoms with Gasteiger partial charge in [-0.3, -0.25) is 0 Å². The van der Waals surface area contributed by atoms with Gasteiger partial charge in [-0.05, 0) is 12.1 Å². The van der Waals surface area contributed by atoms with Crippen molar-refractivity contribution >= 4 is 23.2 Å². The fourth-order valence-electron chi connectivity index (χ4n) is 0.891. The molecule has 0 unspecified atom stereocenters. The molecular weight excluding hydrogens is 202 g/mol. The van der Waals surface area contributed by atoms with Crippen molar-refractivity contribution in [1.82, 2.24) is 0 Å². The maximum absolute atomic E-state index is 12.8. The highest BCUT2D eigenvalue weighted by Gasteiger charge is 2.10. The second-order valence-corrected chi connectivity index (χ2v) is 2.82. The molecule has 0 aliphatic rings. The van der Waals surface area contributed by atoms with Crippen molar-refractivity contribution in [3.8, 4) is 5.75 Å². The number of hydrogen-bond donors (Lipinski definition) is 0. The Balaban J connectivity index is 3.25. The Bertz CT molecular complexity index is 289. The summed E-state index contributed by atoms with van der Waals surface area (Å²) >= 11 is 11.2. The molecule has 0 atom stereocenters. The monoisotopic (exact) mass is 208 g/mol. The Hall–Kier alpha value is -0.470. The van der Waals surface area contributed by atoms with Crippen molar-refractivity contribution < 1.29 is 9.13 Å². The molecule has 1 aromatic rings. The summed E-state index contributed by atoms with van der Waals surface area (Å²) in [5.74, 6) is 0.171. The van der Waals surface area contributed by atoms with Gasteiger partial charge in [-0.15, -0.1) is 11.6 Å². The lowest BCUT2D eigenvalue weighted by atomic mass is 10.2. The third-order valence-electron chi connectivity index (χ3n) is 1.51. The molecule has 0 aliphatic carbocycles. The summed E-state index contributed by atoms with van der Waals surface area (Å²) in [6.07, 6.45) is 0. The van der Waals surface area contributed by atoms with Crippen molar-refractivity contribution in [1.29, 1.82) is 0 Å². The summed E-state index contributed by atoms with van der Waals surface area (Å²) in [6, 6.07) is 2.75. The molecule has 0 radical (unpaired) electrons. The van der Waals surface area contributed by atoms with E-state index < -0.39 is 5.82 Å². The van der Waals surface area contributed by atoms with Crippen molar-refractivity contribution in [3.05, 3.63) is 28.5 Å². The first-order valence-electron chi connectivity index (χ1n) is 3.27. The molecule has 0 heterocycles.